The molecule has 2 rings (SSSR count). The molecule has 0 spiro atoms. The molecule has 2 aromatic heterocycles. The number of rotatable bonds is 4. The lowest BCUT2D eigenvalue weighted by molar-refractivity contribution is -0.141. The normalized spacial score (nSPS) is 10.1. The zero-order valence-electron chi connectivity index (χ0n) is 9.36. The number of aromatic nitrogens is 4. The summed E-state index contributed by atoms with van der Waals surface area (Å²) in [6.45, 7) is -0.00930. The van der Waals surface area contributed by atoms with E-state index < -0.39 is 5.97 Å². The molecule has 0 saturated carbocycles. The molecule has 2 aromatic rings. The van der Waals surface area contributed by atoms with Crippen LogP contribution in [-0.4, -0.2) is 37.5 Å². The largest absolute Gasteiger partial charge is 0.468 e. The highest BCUT2D eigenvalue weighted by Crippen LogP contribution is 2.07. The molecule has 0 unspecified atom stereocenters. The summed E-state index contributed by atoms with van der Waals surface area (Å²) < 4.78 is 13.4. The lowest BCUT2D eigenvalue weighted by Crippen LogP contribution is -2.13. The maximum Gasteiger partial charge on any atom is 0.327 e. The van der Waals surface area contributed by atoms with Gasteiger partial charge in [-0.15, -0.1) is 0 Å². The Kier molecular flexibility index (Phi) is 3.63. The van der Waals surface area contributed by atoms with Crippen molar-refractivity contribution in [2.75, 3.05) is 12.4 Å². The third-order valence-corrected chi connectivity index (χ3v) is 2.48. The third-order valence-electron chi connectivity index (χ3n) is 2.00. The molecule has 8 nitrogen and oxygen atoms in total. The van der Waals surface area contributed by atoms with E-state index in [9.17, 15) is 9.59 Å². The summed E-state index contributed by atoms with van der Waals surface area (Å²) in [7, 11) is 1.30. The van der Waals surface area contributed by atoms with E-state index in [2.05, 4.69) is 23.9 Å². The summed E-state index contributed by atoms with van der Waals surface area (Å²) in [5.41, 5.74) is 0.706. The minimum atomic E-state index is -0.417. The van der Waals surface area contributed by atoms with Crippen LogP contribution in [0.2, 0.25) is 0 Å². The Morgan fingerprint density at radius 2 is 2.33 bits per heavy atom. The van der Waals surface area contributed by atoms with E-state index in [0.717, 1.165) is 11.7 Å². The Balaban J connectivity index is 1.98. The molecule has 0 fully saturated rings. The second-order valence-corrected chi connectivity index (χ2v) is 3.81. The smallest absolute Gasteiger partial charge is 0.327 e. The number of nitrogens with one attached hydrogen (secondary N) is 1. The van der Waals surface area contributed by atoms with Crippen molar-refractivity contribution in [1.29, 1.82) is 0 Å². The summed E-state index contributed by atoms with van der Waals surface area (Å²) in [5.74, 6) is -0.791. The van der Waals surface area contributed by atoms with Gasteiger partial charge in [0.2, 0.25) is 0 Å². The Morgan fingerprint density at radius 1 is 1.50 bits per heavy atom. The lowest BCUT2D eigenvalue weighted by Gasteiger charge is -1.99. The molecule has 0 aliphatic heterocycles. The summed E-state index contributed by atoms with van der Waals surface area (Å²) >= 11 is 0.952. The second kappa shape index (κ2) is 5.36. The number of hydrogen-bond acceptors (Lipinski definition) is 7. The summed E-state index contributed by atoms with van der Waals surface area (Å²) in [6.07, 6.45) is 4.33. The maximum atomic E-state index is 11.6. The molecule has 0 saturated heterocycles. The van der Waals surface area contributed by atoms with E-state index in [1.165, 1.54) is 30.4 Å². The number of amides is 1. The standard InChI is InChI=1S/C9H9N5O3S/c1-17-8(15)5-14-4-6(2-10-14)12-9(16)7-3-11-18-13-7/h2-4H,5H2,1H3,(H,12,16). The number of hydrogen-bond donors (Lipinski definition) is 1. The number of nitrogens with zero attached hydrogens (tertiary/aromatic N) is 4. The van der Waals surface area contributed by atoms with Gasteiger partial charge in [0.05, 0.1) is 36.9 Å². The van der Waals surface area contributed by atoms with Crippen molar-refractivity contribution in [2.45, 2.75) is 6.54 Å². The zero-order valence-corrected chi connectivity index (χ0v) is 10.2. The molecule has 0 atom stereocenters. The Morgan fingerprint density at radius 3 is 3.00 bits per heavy atom. The fourth-order valence-corrected chi connectivity index (χ4v) is 1.58. The molecule has 94 valence electrons. The second-order valence-electron chi connectivity index (χ2n) is 3.25. The minimum absolute atomic E-state index is 0.00930. The average molecular weight is 267 g/mol. The average Bonchev–Trinajstić information content (AvgIpc) is 3.00. The lowest BCUT2D eigenvalue weighted by atomic mass is 10.4. The van der Waals surface area contributed by atoms with E-state index in [0.29, 0.717) is 5.69 Å². The molecule has 0 aliphatic rings. The Labute approximate surface area is 106 Å². The quantitative estimate of drug-likeness (QED) is 0.792. The minimum Gasteiger partial charge on any atom is -0.468 e. The molecule has 0 aliphatic carbocycles. The van der Waals surface area contributed by atoms with Gasteiger partial charge >= 0.3 is 5.97 Å². The van der Waals surface area contributed by atoms with Crippen LogP contribution < -0.4 is 5.32 Å². The van der Waals surface area contributed by atoms with Crippen molar-refractivity contribution in [2.24, 2.45) is 0 Å². The highest BCUT2D eigenvalue weighted by Gasteiger charge is 2.11. The van der Waals surface area contributed by atoms with Crippen LogP contribution >= 0.6 is 11.7 Å². The number of carbonyl (C=O) groups excluding carboxylic acids is 2. The Bertz CT molecular complexity index is 550. The van der Waals surface area contributed by atoms with Gasteiger partial charge in [-0.2, -0.15) is 13.8 Å². The predicted molar refractivity (Wildman–Crippen MR) is 62.1 cm³/mol. The van der Waals surface area contributed by atoms with Crippen LogP contribution in [0.1, 0.15) is 10.5 Å². The zero-order chi connectivity index (χ0) is 13.0. The Hall–Kier alpha value is -2.29. The summed E-state index contributed by atoms with van der Waals surface area (Å²) in [6, 6.07) is 0. The number of carbonyl (C=O) groups is 2. The van der Waals surface area contributed by atoms with Gasteiger partial charge in [-0.05, 0) is 0 Å². The molecule has 2 heterocycles. The van der Waals surface area contributed by atoms with E-state index in [1.807, 2.05) is 0 Å². The van der Waals surface area contributed by atoms with Crippen LogP contribution in [0.5, 0.6) is 0 Å². The highest BCUT2D eigenvalue weighted by molar-refractivity contribution is 6.99. The van der Waals surface area contributed by atoms with Gasteiger partial charge in [-0.1, -0.05) is 0 Å². The first kappa shape index (κ1) is 12.2. The molecule has 1 N–H and O–H groups in total. The molecule has 9 heteroatoms. The van der Waals surface area contributed by atoms with Crippen LogP contribution in [0, 0.1) is 0 Å². The number of ether oxygens (including phenoxy) is 1. The van der Waals surface area contributed by atoms with E-state index in [-0.39, 0.29) is 18.1 Å². The van der Waals surface area contributed by atoms with Gasteiger partial charge in [0.25, 0.3) is 5.91 Å². The molecular weight excluding hydrogens is 258 g/mol. The first-order valence-electron chi connectivity index (χ1n) is 4.87. The predicted octanol–water partition coefficient (Wildman–Crippen LogP) is 0.160. The van der Waals surface area contributed by atoms with Gasteiger partial charge in [-0.25, -0.2) is 0 Å². The van der Waals surface area contributed by atoms with Crippen LogP contribution in [0.4, 0.5) is 5.69 Å². The monoisotopic (exact) mass is 267 g/mol. The number of esters is 1. The molecule has 0 bridgehead atoms. The topological polar surface area (TPSA) is 99.0 Å². The van der Waals surface area contributed by atoms with Crippen LogP contribution in [0.15, 0.2) is 18.6 Å². The maximum absolute atomic E-state index is 11.6. The van der Waals surface area contributed by atoms with Crippen LogP contribution in [0.3, 0.4) is 0 Å². The summed E-state index contributed by atoms with van der Waals surface area (Å²) in [4.78, 5) is 22.6. The van der Waals surface area contributed by atoms with Gasteiger partial charge in [-0.3, -0.25) is 14.3 Å². The number of methoxy groups -OCH3 is 1. The molecule has 0 radical (unpaired) electrons. The molecule has 1 amide bonds. The molecular formula is C9H9N5O3S. The number of anilines is 1. The fourth-order valence-electron chi connectivity index (χ4n) is 1.17. The van der Waals surface area contributed by atoms with E-state index >= 15 is 0 Å². The van der Waals surface area contributed by atoms with Gasteiger partial charge in [0.15, 0.2) is 5.69 Å². The molecule has 18 heavy (non-hydrogen) atoms. The van der Waals surface area contributed by atoms with Crippen LogP contribution in [-0.2, 0) is 16.1 Å². The van der Waals surface area contributed by atoms with Gasteiger partial charge < -0.3 is 10.1 Å². The highest BCUT2D eigenvalue weighted by atomic mass is 32.1. The van der Waals surface area contributed by atoms with Crippen molar-refractivity contribution in [3.63, 3.8) is 0 Å². The van der Waals surface area contributed by atoms with Crippen molar-refractivity contribution >= 4 is 29.3 Å². The van der Waals surface area contributed by atoms with Crippen molar-refractivity contribution in [1.82, 2.24) is 18.5 Å². The van der Waals surface area contributed by atoms with Crippen molar-refractivity contribution < 1.29 is 14.3 Å². The van der Waals surface area contributed by atoms with Crippen molar-refractivity contribution in [3.05, 3.63) is 24.3 Å². The fraction of sp³-hybridized carbons (Fsp3) is 0.222. The van der Waals surface area contributed by atoms with Gasteiger partial charge in [0, 0.05) is 6.20 Å². The summed E-state index contributed by atoms with van der Waals surface area (Å²) in [5, 5.41) is 6.49. The first-order valence-corrected chi connectivity index (χ1v) is 5.60. The van der Waals surface area contributed by atoms with E-state index in [4.69, 9.17) is 0 Å². The molecule has 0 aromatic carbocycles. The first-order chi connectivity index (χ1) is 8.69. The van der Waals surface area contributed by atoms with Gasteiger partial charge in [0.1, 0.15) is 6.54 Å². The van der Waals surface area contributed by atoms with Crippen molar-refractivity contribution in [3.8, 4) is 0 Å². The SMILES string of the molecule is COC(=O)Cn1cc(NC(=O)c2cnsn2)cn1. The van der Waals surface area contributed by atoms with E-state index in [1.54, 1.807) is 0 Å². The van der Waals surface area contributed by atoms with Crippen LogP contribution in [0.25, 0.3) is 0 Å². The third kappa shape index (κ3) is 2.88.